The summed E-state index contributed by atoms with van der Waals surface area (Å²) in [4.78, 5) is 11.7. The number of para-hydroxylation sites is 2. The first-order valence-electron chi connectivity index (χ1n) is 8.40. The quantitative estimate of drug-likeness (QED) is 0.748. The lowest BCUT2D eigenvalue weighted by Gasteiger charge is -2.31. The maximum atomic E-state index is 13.6. The third kappa shape index (κ3) is 2.48. The number of fused-ring (bicyclic) bond motifs is 2. The minimum absolute atomic E-state index is 0.0537. The van der Waals surface area contributed by atoms with E-state index in [0.717, 1.165) is 5.52 Å². The van der Waals surface area contributed by atoms with Crippen molar-refractivity contribution in [1.29, 1.82) is 0 Å². The summed E-state index contributed by atoms with van der Waals surface area (Å²) in [5, 5.41) is 10.0. The van der Waals surface area contributed by atoms with Gasteiger partial charge < -0.3 is 14.4 Å². The molecular formula is C19H18N2O5S. The number of aromatic nitrogens is 1. The second-order valence-corrected chi connectivity index (χ2v) is 8.17. The summed E-state index contributed by atoms with van der Waals surface area (Å²) in [6.45, 7) is 1.96. The molecule has 0 amide bonds. The summed E-state index contributed by atoms with van der Waals surface area (Å²) in [5.74, 6) is -1.08. The van der Waals surface area contributed by atoms with Crippen LogP contribution in [0.5, 0.6) is 5.75 Å². The molecule has 0 unspecified atom stereocenters. The van der Waals surface area contributed by atoms with Gasteiger partial charge in [-0.3, -0.25) is 4.31 Å². The van der Waals surface area contributed by atoms with E-state index in [2.05, 4.69) is 0 Å². The van der Waals surface area contributed by atoms with Crippen LogP contribution < -0.4 is 9.04 Å². The Morgan fingerprint density at radius 3 is 2.63 bits per heavy atom. The predicted molar refractivity (Wildman–Crippen MR) is 101 cm³/mol. The Balaban J connectivity index is 1.96. The topological polar surface area (TPSA) is 88.8 Å². The highest BCUT2D eigenvalue weighted by Crippen LogP contribution is 2.40. The van der Waals surface area contributed by atoms with Crippen molar-refractivity contribution in [3.05, 3.63) is 53.7 Å². The summed E-state index contributed by atoms with van der Waals surface area (Å²) in [5.41, 5.74) is 1.63. The minimum Gasteiger partial charge on any atom is -0.489 e. The van der Waals surface area contributed by atoms with Crippen LogP contribution in [-0.4, -0.2) is 37.2 Å². The van der Waals surface area contributed by atoms with Crippen LogP contribution in [-0.2, 0) is 17.1 Å². The highest BCUT2D eigenvalue weighted by atomic mass is 32.2. The van der Waals surface area contributed by atoms with Gasteiger partial charge in [0.05, 0.1) is 12.2 Å². The van der Waals surface area contributed by atoms with Gasteiger partial charge in [-0.2, -0.15) is 0 Å². The first-order valence-corrected chi connectivity index (χ1v) is 9.84. The molecule has 0 spiro atoms. The van der Waals surface area contributed by atoms with E-state index in [-0.39, 0.29) is 35.0 Å². The summed E-state index contributed by atoms with van der Waals surface area (Å²) >= 11 is 0. The number of nitrogens with zero attached hydrogens (tertiary/aromatic N) is 2. The average molecular weight is 386 g/mol. The first-order chi connectivity index (χ1) is 12.8. The molecule has 2 aromatic carbocycles. The second-order valence-electron chi connectivity index (χ2n) is 6.38. The van der Waals surface area contributed by atoms with Gasteiger partial charge in [-0.25, -0.2) is 13.2 Å². The highest BCUT2D eigenvalue weighted by Gasteiger charge is 2.35. The van der Waals surface area contributed by atoms with E-state index in [1.807, 2.05) is 23.7 Å². The number of aryl methyl sites for hydroxylation is 1. The molecule has 7 nitrogen and oxygen atoms in total. The van der Waals surface area contributed by atoms with E-state index in [0.29, 0.717) is 11.1 Å². The van der Waals surface area contributed by atoms with Crippen LogP contribution in [0.1, 0.15) is 16.1 Å². The molecule has 1 aromatic heterocycles. The molecule has 0 saturated heterocycles. The summed E-state index contributed by atoms with van der Waals surface area (Å²) in [6, 6.07) is 11.8. The number of hydrogen-bond donors (Lipinski definition) is 1. The summed E-state index contributed by atoms with van der Waals surface area (Å²) in [7, 11) is -2.09. The van der Waals surface area contributed by atoms with Crippen LogP contribution in [0.15, 0.2) is 47.4 Å². The Hall–Kier alpha value is -3.00. The predicted octanol–water partition coefficient (Wildman–Crippen LogP) is 2.77. The fourth-order valence-electron chi connectivity index (χ4n) is 3.56. The second kappa shape index (κ2) is 6.02. The van der Waals surface area contributed by atoms with Crippen molar-refractivity contribution in [3.63, 3.8) is 0 Å². The van der Waals surface area contributed by atoms with Crippen LogP contribution in [0, 0.1) is 6.92 Å². The summed E-state index contributed by atoms with van der Waals surface area (Å²) < 4.78 is 35.8. The zero-order valence-electron chi connectivity index (χ0n) is 14.8. The maximum absolute atomic E-state index is 13.6. The number of carboxylic acids is 1. The third-order valence-corrected chi connectivity index (χ3v) is 6.91. The van der Waals surface area contributed by atoms with Gasteiger partial charge in [0.25, 0.3) is 10.0 Å². The number of aromatic carboxylic acids is 1. The lowest BCUT2D eigenvalue weighted by molar-refractivity contribution is 0.0692. The molecule has 1 aliphatic rings. The van der Waals surface area contributed by atoms with Gasteiger partial charge >= 0.3 is 5.97 Å². The van der Waals surface area contributed by atoms with Crippen LogP contribution in [0.4, 0.5) is 5.69 Å². The van der Waals surface area contributed by atoms with Crippen molar-refractivity contribution < 1.29 is 23.1 Å². The van der Waals surface area contributed by atoms with Gasteiger partial charge in [-0.1, -0.05) is 24.3 Å². The van der Waals surface area contributed by atoms with Gasteiger partial charge in [-0.15, -0.1) is 0 Å². The van der Waals surface area contributed by atoms with Crippen molar-refractivity contribution in [2.45, 2.75) is 11.8 Å². The SMILES string of the molecule is Cc1c(S(=O)(=O)N2CCOc3c(C(=O)O)cccc32)c2ccccc2n1C. The summed E-state index contributed by atoms with van der Waals surface area (Å²) in [6.07, 6.45) is 0. The molecule has 0 aliphatic carbocycles. The van der Waals surface area contributed by atoms with Crippen LogP contribution in [0.25, 0.3) is 10.9 Å². The van der Waals surface area contributed by atoms with Crippen LogP contribution in [0.3, 0.4) is 0 Å². The lowest BCUT2D eigenvalue weighted by Crippen LogP contribution is -2.38. The number of anilines is 1. The number of rotatable bonds is 3. The van der Waals surface area contributed by atoms with Crippen molar-refractivity contribution in [1.82, 2.24) is 4.57 Å². The Morgan fingerprint density at radius 1 is 1.15 bits per heavy atom. The number of carboxylic acid groups (broad SMARTS) is 1. The standard InChI is InChI=1S/C19H18N2O5S/c1-12-18(13-6-3-4-8-15(13)20(12)2)27(24,25)21-10-11-26-17-14(19(22)23)7-5-9-16(17)21/h3-9H,10-11H2,1-2H3,(H,22,23). The molecule has 4 rings (SSSR count). The minimum atomic E-state index is -3.91. The molecule has 1 N–H and O–H groups in total. The van der Waals surface area contributed by atoms with E-state index in [1.54, 1.807) is 25.1 Å². The van der Waals surface area contributed by atoms with E-state index in [4.69, 9.17) is 4.74 Å². The molecule has 8 heteroatoms. The third-order valence-electron chi connectivity index (χ3n) is 4.92. The highest BCUT2D eigenvalue weighted by molar-refractivity contribution is 7.93. The average Bonchev–Trinajstić information content (AvgIpc) is 2.92. The molecule has 0 radical (unpaired) electrons. The molecule has 0 atom stereocenters. The van der Waals surface area contributed by atoms with Gasteiger partial charge in [-0.05, 0) is 25.1 Å². The van der Waals surface area contributed by atoms with Crippen molar-refractivity contribution in [3.8, 4) is 5.75 Å². The van der Waals surface area contributed by atoms with E-state index < -0.39 is 16.0 Å². The molecule has 2 heterocycles. The first kappa shape index (κ1) is 17.4. The number of sulfonamides is 1. The Labute approximate surface area is 156 Å². The largest absolute Gasteiger partial charge is 0.489 e. The van der Waals surface area contributed by atoms with E-state index in [1.165, 1.54) is 16.4 Å². The van der Waals surface area contributed by atoms with Gasteiger partial charge in [0.15, 0.2) is 5.75 Å². The van der Waals surface area contributed by atoms with Crippen LogP contribution >= 0.6 is 0 Å². The molecular weight excluding hydrogens is 368 g/mol. The van der Waals surface area contributed by atoms with Crippen molar-refractivity contribution in [2.75, 3.05) is 17.5 Å². The monoisotopic (exact) mass is 386 g/mol. The number of carbonyl (C=O) groups is 1. The van der Waals surface area contributed by atoms with Gasteiger partial charge in [0.1, 0.15) is 17.1 Å². The molecule has 0 saturated carbocycles. The molecule has 0 bridgehead atoms. The molecule has 3 aromatic rings. The van der Waals surface area contributed by atoms with Crippen LogP contribution in [0.2, 0.25) is 0 Å². The zero-order chi connectivity index (χ0) is 19.3. The Morgan fingerprint density at radius 2 is 1.89 bits per heavy atom. The van der Waals surface area contributed by atoms with Gasteiger partial charge in [0.2, 0.25) is 0 Å². The Kier molecular flexibility index (Phi) is 3.88. The molecule has 27 heavy (non-hydrogen) atoms. The number of hydrogen-bond acceptors (Lipinski definition) is 4. The lowest BCUT2D eigenvalue weighted by atomic mass is 10.1. The molecule has 1 aliphatic heterocycles. The Bertz CT molecular complexity index is 1180. The smallest absolute Gasteiger partial charge is 0.339 e. The normalized spacial score (nSPS) is 14.1. The van der Waals surface area contributed by atoms with Gasteiger partial charge in [0, 0.05) is 23.6 Å². The fraction of sp³-hybridized carbons (Fsp3) is 0.211. The van der Waals surface area contributed by atoms with E-state index in [9.17, 15) is 18.3 Å². The molecule has 140 valence electrons. The fourth-order valence-corrected chi connectivity index (χ4v) is 5.46. The number of ether oxygens (including phenoxy) is 1. The maximum Gasteiger partial charge on any atom is 0.339 e. The van der Waals surface area contributed by atoms with Crippen molar-refractivity contribution in [2.24, 2.45) is 7.05 Å². The molecule has 0 fully saturated rings. The van der Waals surface area contributed by atoms with E-state index >= 15 is 0 Å². The van der Waals surface area contributed by atoms with Crippen molar-refractivity contribution >= 4 is 32.6 Å². The number of benzene rings is 2. The zero-order valence-corrected chi connectivity index (χ0v) is 15.7.